The lowest BCUT2D eigenvalue weighted by atomic mass is 9.94. The summed E-state index contributed by atoms with van der Waals surface area (Å²) in [5.74, 6) is -1.21. The second-order valence-corrected chi connectivity index (χ2v) is 8.85. The van der Waals surface area contributed by atoms with E-state index in [2.05, 4.69) is 0 Å². The van der Waals surface area contributed by atoms with Crippen molar-refractivity contribution in [1.82, 2.24) is 0 Å². The monoisotopic (exact) mass is 527 g/mol. The van der Waals surface area contributed by atoms with Crippen LogP contribution in [0.15, 0.2) is 60.2 Å². The van der Waals surface area contributed by atoms with Crippen LogP contribution in [0.2, 0.25) is 10.0 Å². The number of carbonyl (C=O) groups excluding carboxylic acids is 2. The molecule has 0 aliphatic carbocycles. The molecule has 0 radical (unpaired) electrons. The summed E-state index contributed by atoms with van der Waals surface area (Å²) >= 11 is 12.7. The third-order valence-electron chi connectivity index (χ3n) is 6.04. The molecule has 0 bridgehead atoms. The van der Waals surface area contributed by atoms with Gasteiger partial charge < -0.3 is 19.3 Å². The predicted molar refractivity (Wildman–Crippen MR) is 139 cm³/mol. The van der Waals surface area contributed by atoms with E-state index in [0.29, 0.717) is 27.8 Å². The Bertz CT molecular complexity index is 1400. The zero-order valence-electron chi connectivity index (χ0n) is 20.0. The van der Waals surface area contributed by atoms with Crippen molar-refractivity contribution in [3.8, 4) is 17.2 Å². The molecule has 3 aromatic carbocycles. The first-order chi connectivity index (χ1) is 17.2. The van der Waals surface area contributed by atoms with Crippen molar-refractivity contribution in [3.63, 3.8) is 0 Å². The number of Topliss-reactive ketones (excluding diaryl/α,β-unsaturated/α-hetero) is 1. The van der Waals surface area contributed by atoms with Crippen molar-refractivity contribution in [1.29, 1.82) is 0 Å². The highest BCUT2D eigenvalue weighted by molar-refractivity contribution is 6.52. The van der Waals surface area contributed by atoms with Gasteiger partial charge >= 0.3 is 0 Å². The van der Waals surface area contributed by atoms with Crippen LogP contribution in [0.3, 0.4) is 0 Å². The van der Waals surface area contributed by atoms with Gasteiger partial charge in [0.25, 0.3) is 11.7 Å². The Kier molecular flexibility index (Phi) is 7.15. The molecule has 1 aliphatic heterocycles. The van der Waals surface area contributed by atoms with Crippen molar-refractivity contribution in [2.45, 2.75) is 13.0 Å². The fourth-order valence-corrected chi connectivity index (χ4v) is 4.62. The highest BCUT2D eigenvalue weighted by atomic mass is 35.5. The number of nitrogens with zero attached hydrogens (tertiary/aromatic N) is 1. The van der Waals surface area contributed by atoms with Crippen molar-refractivity contribution in [2.75, 3.05) is 26.2 Å². The molecule has 0 aromatic heterocycles. The Morgan fingerprint density at radius 3 is 2.17 bits per heavy atom. The molecule has 3 aromatic rings. The molecule has 0 spiro atoms. The lowest BCUT2D eigenvalue weighted by molar-refractivity contribution is -0.132. The standard InChI is InChI=1S/C27H23Cl2NO6/c1-14-9-10-15(11-18(14)28)30-24(16-7-5-6-8-20(16)34-2)23(26(32)27(30)33)25(31)17-12-19(29)22(36-4)13-21(17)35-3/h5-13,24,31H,1-4H3/b25-23+. The normalized spacial score (nSPS) is 16.8. The average molecular weight is 528 g/mol. The van der Waals surface area contributed by atoms with E-state index in [-0.39, 0.29) is 21.9 Å². The van der Waals surface area contributed by atoms with Crippen LogP contribution in [0.5, 0.6) is 17.2 Å². The quantitative estimate of drug-likeness (QED) is 0.242. The van der Waals surface area contributed by atoms with Crippen molar-refractivity contribution < 1.29 is 28.9 Å². The Morgan fingerprint density at radius 2 is 1.53 bits per heavy atom. The molecule has 1 fully saturated rings. The van der Waals surface area contributed by atoms with Gasteiger partial charge in [-0.25, -0.2) is 0 Å². The van der Waals surface area contributed by atoms with Gasteiger partial charge in [-0.05, 0) is 36.8 Å². The third kappa shape index (κ3) is 4.25. The van der Waals surface area contributed by atoms with Crippen molar-refractivity contribution in [2.24, 2.45) is 0 Å². The second-order valence-electron chi connectivity index (χ2n) is 8.03. The fourth-order valence-electron chi connectivity index (χ4n) is 4.21. The molecule has 1 N–H and O–H groups in total. The number of anilines is 1. The van der Waals surface area contributed by atoms with Gasteiger partial charge in [0, 0.05) is 22.3 Å². The van der Waals surface area contributed by atoms with E-state index in [4.69, 9.17) is 37.4 Å². The Balaban J connectivity index is 2.03. The van der Waals surface area contributed by atoms with Crippen LogP contribution in [-0.2, 0) is 9.59 Å². The van der Waals surface area contributed by atoms with Crippen LogP contribution in [0, 0.1) is 6.92 Å². The molecule has 1 unspecified atom stereocenters. The highest BCUT2D eigenvalue weighted by Gasteiger charge is 2.48. The number of hydrogen-bond donors (Lipinski definition) is 1. The first-order valence-corrected chi connectivity index (χ1v) is 11.6. The average Bonchev–Trinajstić information content (AvgIpc) is 3.15. The summed E-state index contributed by atoms with van der Waals surface area (Å²) in [5, 5.41) is 12.1. The fraction of sp³-hybridized carbons (Fsp3) is 0.185. The zero-order valence-corrected chi connectivity index (χ0v) is 21.5. The molecule has 4 rings (SSSR count). The first-order valence-electron chi connectivity index (χ1n) is 10.8. The van der Waals surface area contributed by atoms with Gasteiger partial charge in [0.1, 0.15) is 23.0 Å². The third-order valence-corrected chi connectivity index (χ3v) is 6.74. The number of aliphatic hydroxyl groups is 1. The summed E-state index contributed by atoms with van der Waals surface area (Å²) in [6, 6.07) is 13.9. The van der Waals surface area contributed by atoms with Gasteiger partial charge in [-0.2, -0.15) is 0 Å². The maximum Gasteiger partial charge on any atom is 0.300 e. The number of aliphatic hydroxyl groups excluding tert-OH is 1. The maximum atomic E-state index is 13.5. The molecule has 1 atom stereocenters. The summed E-state index contributed by atoms with van der Waals surface area (Å²) in [7, 11) is 4.34. The zero-order chi connectivity index (χ0) is 26.1. The van der Waals surface area contributed by atoms with Gasteiger partial charge in [-0.15, -0.1) is 0 Å². The number of amides is 1. The topological polar surface area (TPSA) is 85.3 Å². The van der Waals surface area contributed by atoms with E-state index in [0.717, 1.165) is 5.56 Å². The summed E-state index contributed by atoms with van der Waals surface area (Å²) in [6.07, 6.45) is 0. The Morgan fingerprint density at radius 1 is 0.861 bits per heavy atom. The van der Waals surface area contributed by atoms with Crippen LogP contribution in [0.1, 0.15) is 22.7 Å². The molecule has 9 heteroatoms. The number of ketones is 1. The molecule has 36 heavy (non-hydrogen) atoms. The van der Waals surface area contributed by atoms with E-state index in [9.17, 15) is 14.7 Å². The number of methoxy groups -OCH3 is 3. The molecular weight excluding hydrogens is 505 g/mol. The molecule has 7 nitrogen and oxygen atoms in total. The smallest absolute Gasteiger partial charge is 0.300 e. The van der Waals surface area contributed by atoms with Crippen LogP contribution in [0.25, 0.3) is 5.76 Å². The summed E-state index contributed by atoms with van der Waals surface area (Å²) < 4.78 is 16.2. The molecule has 1 aliphatic rings. The molecule has 1 heterocycles. The molecule has 1 amide bonds. The molecular formula is C27H23Cl2NO6. The van der Waals surface area contributed by atoms with Gasteiger partial charge in [0.15, 0.2) is 0 Å². The Labute approximate surface area is 218 Å². The van der Waals surface area contributed by atoms with Crippen LogP contribution >= 0.6 is 23.2 Å². The van der Waals surface area contributed by atoms with E-state index in [1.54, 1.807) is 42.5 Å². The number of hydrogen-bond acceptors (Lipinski definition) is 6. The minimum atomic E-state index is -1.02. The minimum Gasteiger partial charge on any atom is -0.507 e. The van der Waals surface area contributed by atoms with Crippen LogP contribution < -0.4 is 19.1 Å². The Hall–Kier alpha value is -3.68. The number of aryl methyl sites for hydroxylation is 1. The second kappa shape index (κ2) is 10.1. The van der Waals surface area contributed by atoms with E-state index < -0.39 is 23.5 Å². The number of ether oxygens (including phenoxy) is 3. The molecule has 186 valence electrons. The number of para-hydroxylation sites is 1. The molecule has 1 saturated heterocycles. The number of halogens is 2. The van der Waals surface area contributed by atoms with Gasteiger partial charge in [0.2, 0.25) is 0 Å². The van der Waals surface area contributed by atoms with Gasteiger partial charge in [0.05, 0.1) is 43.5 Å². The largest absolute Gasteiger partial charge is 0.507 e. The highest BCUT2D eigenvalue weighted by Crippen LogP contribution is 2.47. The van der Waals surface area contributed by atoms with E-state index in [1.807, 2.05) is 6.92 Å². The van der Waals surface area contributed by atoms with E-state index >= 15 is 0 Å². The van der Waals surface area contributed by atoms with Crippen molar-refractivity contribution in [3.05, 3.63) is 86.9 Å². The summed E-state index contributed by atoms with van der Waals surface area (Å²) in [6.45, 7) is 1.83. The summed E-state index contributed by atoms with van der Waals surface area (Å²) in [5.41, 5.74) is 1.67. The molecule has 0 saturated carbocycles. The minimum absolute atomic E-state index is 0.128. The maximum absolute atomic E-state index is 13.5. The number of benzene rings is 3. The van der Waals surface area contributed by atoms with E-state index in [1.165, 1.54) is 38.4 Å². The predicted octanol–water partition coefficient (Wildman–Crippen LogP) is 5.95. The summed E-state index contributed by atoms with van der Waals surface area (Å²) in [4.78, 5) is 28.2. The lowest BCUT2D eigenvalue weighted by Gasteiger charge is -2.27. The SMILES string of the molecule is COc1cc(OC)c(/C(O)=C2\C(=O)C(=O)N(c3ccc(C)c(Cl)c3)C2c2ccccc2OC)cc1Cl. The van der Waals surface area contributed by atoms with Gasteiger partial charge in [-0.3, -0.25) is 14.5 Å². The lowest BCUT2D eigenvalue weighted by Crippen LogP contribution is -2.29. The van der Waals surface area contributed by atoms with Crippen LogP contribution in [0.4, 0.5) is 5.69 Å². The van der Waals surface area contributed by atoms with Gasteiger partial charge in [-0.1, -0.05) is 47.5 Å². The van der Waals surface area contributed by atoms with Crippen molar-refractivity contribution >= 4 is 46.3 Å². The first kappa shape index (κ1) is 25.4. The number of carbonyl (C=O) groups is 2. The number of rotatable bonds is 6. The van der Waals surface area contributed by atoms with Crippen LogP contribution in [-0.4, -0.2) is 38.1 Å².